The number of rotatable bonds is 10. The van der Waals surface area contributed by atoms with E-state index in [1.54, 1.807) is 24.3 Å². The minimum Gasteiger partial charge on any atom is -0.480 e. The summed E-state index contributed by atoms with van der Waals surface area (Å²) < 4.78 is 0.510. The molecule has 32 heavy (non-hydrogen) atoms. The molecule has 168 valence electrons. The summed E-state index contributed by atoms with van der Waals surface area (Å²) in [5, 5.41) is 25.2. The summed E-state index contributed by atoms with van der Waals surface area (Å²) in [6, 6.07) is 10.8. The normalized spacial score (nSPS) is 12.0. The number of nitro benzene ring substituents is 1. The summed E-state index contributed by atoms with van der Waals surface area (Å²) in [6.07, 6.45) is 3.34. The van der Waals surface area contributed by atoms with E-state index in [4.69, 9.17) is 0 Å². The van der Waals surface area contributed by atoms with Crippen LogP contribution in [0.4, 0.5) is 5.69 Å². The third-order valence-electron chi connectivity index (χ3n) is 4.24. The minimum atomic E-state index is -1.20. The number of halogens is 1. The summed E-state index contributed by atoms with van der Waals surface area (Å²) in [7, 11) is 0. The number of amides is 2. The lowest BCUT2D eigenvalue weighted by Gasteiger charge is -2.16. The van der Waals surface area contributed by atoms with E-state index < -0.39 is 28.7 Å². The maximum atomic E-state index is 12.9. The van der Waals surface area contributed by atoms with Gasteiger partial charge in [0.2, 0.25) is 0 Å². The van der Waals surface area contributed by atoms with Crippen LogP contribution in [-0.2, 0) is 9.59 Å². The van der Waals surface area contributed by atoms with Gasteiger partial charge in [-0.05, 0) is 70.3 Å². The number of carboxylic acids is 1. The predicted octanol–water partition coefficient (Wildman–Crippen LogP) is 3.45. The van der Waals surface area contributed by atoms with E-state index in [9.17, 15) is 29.6 Å². The van der Waals surface area contributed by atoms with Gasteiger partial charge in [-0.2, -0.15) is 11.8 Å². The Morgan fingerprint density at radius 3 is 2.41 bits per heavy atom. The molecule has 2 aromatic rings. The molecule has 0 heterocycles. The fourth-order valence-corrected chi connectivity index (χ4v) is 3.52. The number of hydrogen-bond donors (Lipinski definition) is 3. The molecule has 3 N–H and O–H groups in total. The number of nitro groups is 1. The molecular formula is C21H20BrN3O6S. The van der Waals surface area contributed by atoms with Crippen molar-refractivity contribution in [2.24, 2.45) is 0 Å². The molecular weight excluding hydrogens is 502 g/mol. The number of hydrogen-bond acceptors (Lipinski definition) is 6. The zero-order chi connectivity index (χ0) is 23.7. The average Bonchev–Trinajstić information content (AvgIpc) is 2.76. The molecule has 11 heteroatoms. The summed E-state index contributed by atoms with van der Waals surface area (Å²) in [6.45, 7) is 0. The van der Waals surface area contributed by atoms with Gasteiger partial charge in [0.15, 0.2) is 0 Å². The fraction of sp³-hybridized carbons (Fsp3) is 0.190. The van der Waals surface area contributed by atoms with Gasteiger partial charge in [-0.25, -0.2) is 4.79 Å². The Kier molecular flexibility index (Phi) is 9.41. The molecule has 0 radical (unpaired) electrons. The molecule has 0 aromatic heterocycles. The summed E-state index contributed by atoms with van der Waals surface area (Å²) >= 11 is 4.71. The van der Waals surface area contributed by atoms with E-state index in [1.807, 2.05) is 6.26 Å². The Labute approximate surface area is 196 Å². The van der Waals surface area contributed by atoms with Crippen LogP contribution < -0.4 is 10.6 Å². The van der Waals surface area contributed by atoms with E-state index in [-0.39, 0.29) is 23.4 Å². The lowest BCUT2D eigenvalue weighted by molar-refractivity contribution is -0.384. The van der Waals surface area contributed by atoms with Crippen molar-refractivity contribution in [2.45, 2.75) is 12.5 Å². The second kappa shape index (κ2) is 12.0. The topological polar surface area (TPSA) is 139 Å². The summed E-state index contributed by atoms with van der Waals surface area (Å²) in [5.74, 6) is -2.06. The summed E-state index contributed by atoms with van der Waals surface area (Å²) in [5.41, 5.74) is 0.347. The van der Waals surface area contributed by atoms with Gasteiger partial charge < -0.3 is 15.7 Å². The van der Waals surface area contributed by atoms with Gasteiger partial charge in [0, 0.05) is 16.6 Å². The molecule has 0 unspecified atom stereocenters. The highest BCUT2D eigenvalue weighted by Gasteiger charge is 2.23. The van der Waals surface area contributed by atoms with Gasteiger partial charge in [-0.3, -0.25) is 19.7 Å². The Balaban J connectivity index is 2.35. The lowest BCUT2D eigenvalue weighted by atomic mass is 10.1. The van der Waals surface area contributed by atoms with E-state index in [0.29, 0.717) is 15.8 Å². The first-order valence-corrected chi connectivity index (χ1v) is 11.5. The number of nitrogens with zero attached hydrogens (tertiary/aromatic N) is 1. The van der Waals surface area contributed by atoms with Crippen LogP contribution in [-0.4, -0.2) is 45.9 Å². The van der Waals surface area contributed by atoms with Gasteiger partial charge in [0.1, 0.15) is 11.7 Å². The third kappa shape index (κ3) is 7.20. The van der Waals surface area contributed by atoms with Crippen LogP contribution in [0.3, 0.4) is 0 Å². The van der Waals surface area contributed by atoms with Crippen molar-refractivity contribution in [3.8, 4) is 0 Å². The van der Waals surface area contributed by atoms with E-state index in [1.165, 1.54) is 42.1 Å². The van der Waals surface area contributed by atoms with Crippen LogP contribution in [0.15, 0.2) is 58.7 Å². The largest absolute Gasteiger partial charge is 0.480 e. The van der Waals surface area contributed by atoms with E-state index >= 15 is 0 Å². The Morgan fingerprint density at radius 1 is 1.19 bits per heavy atom. The molecule has 2 rings (SSSR count). The molecule has 0 saturated carbocycles. The van der Waals surface area contributed by atoms with Crippen molar-refractivity contribution in [1.29, 1.82) is 0 Å². The second-order valence-corrected chi connectivity index (χ2v) is 8.33. The number of nitrogens with one attached hydrogen (secondary N) is 2. The van der Waals surface area contributed by atoms with Crippen molar-refractivity contribution in [3.05, 3.63) is 79.9 Å². The molecule has 2 amide bonds. The molecule has 0 aliphatic rings. The zero-order valence-corrected chi connectivity index (χ0v) is 19.3. The molecule has 2 aromatic carbocycles. The van der Waals surface area contributed by atoms with Crippen molar-refractivity contribution >= 4 is 57.2 Å². The highest BCUT2D eigenvalue weighted by atomic mass is 79.9. The molecule has 0 saturated heterocycles. The lowest BCUT2D eigenvalue weighted by Crippen LogP contribution is -2.44. The first-order chi connectivity index (χ1) is 15.2. The van der Waals surface area contributed by atoms with Crippen molar-refractivity contribution in [1.82, 2.24) is 10.6 Å². The summed E-state index contributed by atoms with van der Waals surface area (Å²) in [4.78, 5) is 47.4. The van der Waals surface area contributed by atoms with E-state index in [2.05, 4.69) is 26.6 Å². The fourth-order valence-electron chi connectivity index (χ4n) is 2.58. The highest BCUT2D eigenvalue weighted by Crippen LogP contribution is 2.17. The Morgan fingerprint density at radius 2 is 1.84 bits per heavy atom. The number of carbonyl (C=O) groups excluding carboxylic acids is 2. The number of carboxylic acid groups (broad SMARTS) is 1. The molecule has 1 atom stereocenters. The molecule has 0 aliphatic carbocycles. The van der Waals surface area contributed by atoms with Crippen molar-refractivity contribution < 1.29 is 24.4 Å². The van der Waals surface area contributed by atoms with Crippen LogP contribution in [0.25, 0.3) is 6.08 Å². The maximum absolute atomic E-state index is 12.9. The average molecular weight is 522 g/mol. The van der Waals surface area contributed by atoms with Gasteiger partial charge >= 0.3 is 5.97 Å². The molecule has 0 bridgehead atoms. The van der Waals surface area contributed by atoms with Gasteiger partial charge in [0.05, 0.1) is 10.5 Å². The van der Waals surface area contributed by atoms with Crippen molar-refractivity contribution in [2.75, 3.05) is 12.0 Å². The third-order valence-corrected chi connectivity index (χ3v) is 5.58. The number of carbonyl (C=O) groups is 3. The van der Waals surface area contributed by atoms with Crippen LogP contribution in [0.2, 0.25) is 0 Å². The molecule has 0 aliphatic heterocycles. The van der Waals surface area contributed by atoms with Crippen LogP contribution in [0.1, 0.15) is 22.3 Å². The van der Waals surface area contributed by atoms with Gasteiger partial charge in [-0.1, -0.05) is 12.1 Å². The SMILES string of the molecule is CSCC[C@H](NC(=O)/C(=C/c1ccc([N+](=O)[O-])cc1)NC(=O)c1ccccc1Br)C(=O)O. The number of benzene rings is 2. The smallest absolute Gasteiger partial charge is 0.326 e. The minimum absolute atomic E-state index is 0.131. The molecule has 9 nitrogen and oxygen atoms in total. The van der Waals surface area contributed by atoms with Crippen LogP contribution >= 0.6 is 27.7 Å². The first kappa shape index (κ1) is 25.1. The van der Waals surface area contributed by atoms with Crippen molar-refractivity contribution in [3.63, 3.8) is 0 Å². The predicted molar refractivity (Wildman–Crippen MR) is 125 cm³/mol. The van der Waals surface area contributed by atoms with Crippen LogP contribution in [0.5, 0.6) is 0 Å². The number of aliphatic carboxylic acids is 1. The first-order valence-electron chi connectivity index (χ1n) is 9.27. The molecule has 0 fully saturated rings. The maximum Gasteiger partial charge on any atom is 0.326 e. The second-order valence-electron chi connectivity index (χ2n) is 6.49. The number of thioether (sulfide) groups is 1. The quantitative estimate of drug-likeness (QED) is 0.247. The monoisotopic (exact) mass is 521 g/mol. The number of non-ortho nitro benzene ring substituents is 1. The highest BCUT2D eigenvalue weighted by molar-refractivity contribution is 9.10. The Bertz CT molecular complexity index is 1040. The zero-order valence-electron chi connectivity index (χ0n) is 16.9. The Hall–Kier alpha value is -3.18. The van der Waals surface area contributed by atoms with Crippen LogP contribution in [0, 0.1) is 10.1 Å². The van der Waals surface area contributed by atoms with Gasteiger partial charge in [-0.15, -0.1) is 0 Å². The van der Waals surface area contributed by atoms with Gasteiger partial charge in [0.25, 0.3) is 17.5 Å². The standard InChI is InChI=1S/C21H20BrN3O6S/c1-32-11-10-17(21(28)29)23-20(27)18(12-13-6-8-14(9-7-13)25(30)31)24-19(26)15-4-2-3-5-16(15)22/h2-9,12,17H,10-11H2,1H3,(H,23,27)(H,24,26)(H,28,29)/b18-12-/t17-/m0/s1. The molecule has 0 spiro atoms. The van der Waals surface area contributed by atoms with E-state index in [0.717, 1.165) is 0 Å².